The molecule has 0 aliphatic heterocycles. The summed E-state index contributed by atoms with van der Waals surface area (Å²) in [5, 5.41) is 0. The molecule has 0 fully saturated rings. The fourth-order valence-electron chi connectivity index (χ4n) is 0.269. The van der Waals surface area contributed by atoms with Crippen molar-refractivity contribution < 1.29 is 9.53 Å². The van der Waals surface area contributed by atoms with Gasteiger partial charge in [0.25, 0.3) is 0 Å². The molecule has 0 amide bonds. The molecule has 0 rings (SSSR count). The highest BCUT2D eigenvalue weighted by atomic mass is 16.5. The molecule has 3 nitrogen and oxygen atoms in total. The molecule has 0 aromatic heterocycles. The van der Waals surface area contributed by atoms with E-state index in [0.29, 0.717) is 6.61 Å². The van der Waals surface area contributed by atoms with Crippen LogP contribution in [0.5, 0.6) is 0 Å². The van der Waals surface area contributed by atoms with Crippen LogP contribution in [-0.4, -0.2) is 12.6 Å². The van der Waals surface area contributed by atoms with Gasteiger partial charge in [0.15, 0.2) is 0 Å². The Labute approximate surface area is 48.1 Å². The Balaban J connectivity index is 3.33. The van der Waals surface area contributed by atoms with Gasteiger partial charge in [0.2, 0.25) is 0 Å². The third-order valence-corrected chi connectivity index (χ3v) is 0.519. The van der Waals surface area contributed by atoms with Crippen LogP contribution >= 0.6 is 0 Å². The summed E-state index contributed by atoms with van der Waals surface area (Å²) >= 11 is 0. The first-order valence-corrected chi connectivity index (χ1v) is 2.36. The van der Waals surface area contributed by atoms with E-state index in [4.69, 9.17) is 5.73 Å². The van der Waals surface area contributed by atoms with Gasteiger partial charge in [-0.05, 0) is 6.92 Å². The van der Waals surface area contributed by atoms with E-state index in [2.05, 4.69) is 4.74 Å². The van der Waals surface area contributed by atoms with Gasteiger partial charge in [-0.15, -0.1) is 0 Å². The fraction of sp³-hybridized carbons (Fsp3) is 0.400. The molecule has 0 aliphatic rings. The molecule has 0 bridgehead atoms. The average molecular weight is 115 g/mol. The quantitative estimate of drug-likeness (QED) is 0.408. The van der Waals surface area contributed by atoms with Gasteiger partial charge in [-0.1, -0.05) is 0 Å². The molecule has 8 heavy (non-hydrogen) atoms. The topological polar surface area (TPSA) is 52.3 Å². The SMILES string of the molecule is CCOC(=O)C=CN. The maximum atomic E-state index is 10.3. The predicted molar refractivity (Wildman–Crippen MR) is 30.0 cm³/mol. The normalized spacial score (nSPS) is 9.62. The molecule has 3 heteroatoms. The van der Waals surface area contributed by atoms with E-state index in [-0.39, 0.29) is 0 Å². The molecule has 0 unspecified atom stereocenters. The van der Waals surface area contributed by atoms with Gasteiger partial charge in [-0.2, -0.15) is 0 Å². The molecule has 0 atom stereocenters. The Morgan fingerprint density at radius 1 is 1.88 bits per heavy atom. The van der Waals surface area contributed by atoms with Gasteiger partial charge in [0.1, 0.15) is 0 Å². The van der Waals surface area contributed by atoms with Crippen molar-refractivity contribution >= 4 is 5.97 Å². The minimum atomic E-state index is -0.394. The third kappa shape index (κ3) is 3.21. The monoisotopic (exact) mass is 115 g/mol. The van der Waals surface area contributed by atoms with E-state index >= 15 is 0 Å². The lowest BCUT2D eigenvalue weighted by Gasteiger charge is -1.91. The van der Waals surface area contributed by atoms with Crippen molar-refractivity contribution in [2.45, 2.75) is 6.92 Å². The second-order valence-electron chi connectivity index (χ2n) is 1.11. The maximum absolute atomic E-state index is 10.3. The Morgan fingerprint density at radius 2 is 2.50 bits per heavy atom. The summed E-state index contributed by atoms with van der Waals surface area (Å²) in [6, 6.07) is 0. The molecule has 0 aromatic carbocycles. The molecule has 0 aliphatic carbocycles. The van der Waals surface area contributed by atoms with E-state index < -0.39 is 5.97 Å². The lowest BCUT2D eigenvalue weighted by molar-refractivity contribution is -0.137. The largest absolute Gasteiger partial charge is 0.463 e. The lowest BCUT2D eigenvalue weighted by atomic mass is 10.6. The van der Waals surface area contributed by atoms with Crippen LogP contribution in [-0.2, 0) is 9.53 Å². The van der Waals surface area contributed by atoms with Crippen molar-refractivity contribution in [3.05, 3.63) is 12.3 Å². The van der Waals surface area contributed by atoms with Crippen LogP contribution in [0.1, 0.15) is 6.92 Å². The highest BCUT2D eigenvalue weighted by molar-refractivity contribution is 5.81. The second kappa shape index (κ2) is 4.18. The van der Waals surface area contributed by atoms with Crippen molar-refractivity contribution in [2.75, 3.05) is 6.61 Å². The number of hydrogen-bond acceptors (Lipinski definition) is 3. The first-order valence-electron chi connectivity index (χ1n) is 2.36. The zero-order valence-corrected chi connectivity index (χ0v) is 4.76. The molecule has 2 N–H and O–H groups in total. The highest BCUT2D eigenvalue weighted by Crippen LogP contribution is 1.76. The number of carbonyl (C=O) groups excluding carboxylic acids is 1. The molecule has 0 saturated heterocycles. The Hall–Kier alpha value is -0.990. The van der Waals surface area contributed by atoms with E-state index in [1.807, 2.05) is 0 Å². The van der Waals surface area contributed by atoms with Crippen molar-refractivity contribution in [1.29, 1.82) is 0 Å². The van der Waals surface area contributed by atoms with Gasteiger partial charge >= 0.3 is 5.97 Å². The van der Waals surface area contributed by atoms with Gasteiger partial charge in [0, 0.05) is 12.3 Å². The van der Waals surface area contributed by atoms with Crippen LogP contribution in [0.2, 0.25) is 0 Å². The first-order chi connectivity index (χ1) is 3.81. The van der Waals surface area contributed by atoms with E-state index in [0.717, 1.165) is 6.20 Å². The minimum Gasteiger partial charge on any atom is -0.463 e. The Morgan fingerprint density at radius 3 is 2.88 bits per heavy atom. The lowest BCUT2D eigenvalue weighted by Crippen LogP contribution is -1.99. The van der Waals surface area contributed by atoms with Crippen LogP contribution in [0.25, 0.3) is 0 Å². The summed E-state index contributed by atoms with van der Waals surface area (Å²) in [5.41, 5.74) is 4.88. The number of hydrogen-bond donors (Lipinski definition) is 1. The van der Waals surface area contributed by atoms with Crippen LogP contribution in [0, 0.1) is 0 Å². The van der Waals surface area contributed by atoms with Crippen LogP contribution in [0.3, 0.4) is 0 Å². The van der Waals surface area contributed by atoms with Gasteiger partial charge in [-0.3, -0.25) is 0 Å². The molecule has 0 heterocycles. The second-order valence-corrected chi connectivity index (χ2v) is 1.11. The molecule has 0 spiro atoms. The van der Waals surface area contributed by atoms with Crippen LogP contribution in [0.4, 0.5) is 0 Å². The minimum absolute atomic E-state index is 0.392. The van der Waals surface area contributed by atoms with Crippen molar-refractivity contribution in [1.82, 2.24) is 0 Å². The Bertz CT molecular complexity index is 98.6. The maximum Gasteiger partial charge on any atom is 0.332 e. The van der Waals surface area contributed by atoms with Crippen molar-refractivity contribution in [2.24, 2.45) is 5.73 Å². The molecule has 0 radical (unpaired) electrons. The van der Waals surface area contributed by atoms with Gasteiger partial charge < -0.3 is 10.5 Å². The first kappa shape index (κ1) is 7.01. The standard InChI is InChI=1S/C5H9NO2/c1-2-8-5(7)3-4-6/h3-4H,2,6H2,1H3. The number of esters is 1. The molecule has 0 saturated carbocycles. The summed E-state index contributed by atoms with van der Waals surface area (Å²) in [5.74, 6) is -0.394. The van der Waals surface area contributed by atoms with Gasteiger partial charge in [0.05, 0.1) is 6.61 Å². The number of ether oxygens (including phenoxy) is 1. The number of nitrogens with two attached hydrogens (primary N) is 1. The average Bonchev–Trinajstić information content (AvgIpc) is 1.68. The fourth-order valence-corrected chi connectivity index (χ4v) is 0.269. The van der Waals surface area contributed by atoms with Crippen molar-refractivity contribution in [3.8, 4) is 0 Å². The summed E-state index contributed by atoms with van der Waals surface area (Å²) in [6.45, 7) is 2.13. The molecule has 0 aromatic rings. The van der Waals surface area contributed by atoms with Crippen molar-refractivity contribution in [3.63, 3.8) is 0 Å². The Kier molecular flexibility index (Phi) is 3.66. The predicted octanol–water partition coefficient (Wildman–Crippen LogP) is 0.0219. The van der Waals surface area contributed by atoms with Crippen LogP contribution < -0.4 is 5.73 Å². The smallest absolute Gasteiger partial charge is 0.332 e. The number of carbonyl (C=O) groups is 1. The zero-order chi connectivity index (χ0) is 6.41. The molecular formula is C5H9NO2. The van der Waals surface area contributed by atoms with Gasteiger partial charge in [-0.25, -0.2) is 4.79 Å². The van der Waals surface area contributed by atoms with Crippen LogP contribution in [0.15, 0.2) is 12.3 Å². The van der Waals surface area contributed by atoms with E-state index in [1.54, 1.807) is 6.92 Å². The zero-order valence-electron chi connectivity index (χ0n) is 4.76. The number of rotatable bonds is 2. The summed E-state index contributed by atoms with van der Waals surface area (Å²) in [6.07, 6.45) is 2.32. The molecular weight excluding hydrogens is 106 g/mol. The van der Waals surface area contributed by atoms with E-state index in [1.165, 1.54) is 6.08 Å². The highest BCUT2D eigenvalue weighted by Gasteiger charge is 1.88. The summed E-state index contributed by atoms with van der Waals surface area (Å²) in [4.78, 5) is 10.3. The summed E-state index contributed by atoms with van der Waals surface area (Å²) in [7, 11) is 0. The summed E-state index contributed by atoms with van der Waals surface area (Å²) < 4.78 is 4.48. The molecule has 46 valence electrons. The van der Waals surface area contributed by atoms with E-state index in [9.17, 15) is 4.79 Å². The third-order valence-electron chi connectivity index (χ3n) is 0.519.